The maximum absolute atomic E-state index is 12.7. The van der Waals surface area contributed by atoms with Crippen LogP contribution >= 0.6 is 11.8 Å². The summed E-state index contributed by atoms with van der Waals surface area (Å²) < 4.78 is 17.8. The molecule has 2 rings (SSSR count). The summed E-state index contributed by atoms with van der Waals surface area (Å²) in [5.74, 6) is 0.392. The molecule has 0 radical (unpaired) electrons. The molecule has 2 aromatic rings. The van der Waals surface area contributed by atoms with Crippen molar-refractivity contribution in [1.82, 2.24) is 4.98 Å². The third kappa shape index (κ3) is 2.84. The van der Waals surface area contributed by atoms with E-state index in [2.05, 4.69) is 4.98 Å². The molecular weight excluding hydrogens is 227 g/mol. The van der Waals surface area contributed by atoms with Gasteiger partial charge in [0.25, 0.3) is 5.22 Å². The molecule has 0 saturated carbocycles. The molecule has 1 heterocycles. The molecule has 0 fully saturated rings. The summed E-state index contributed by atoms with van der Waals surface area (Å²) in [5, 5.41) is 0.595. The number of hydrogen-bond donors (Lipinski definition) is 1. The summed E-state index contributed by atoms with van der Waals surface area (Å²) in [6, 6.07) is 6.04. The second-order valence-electron chi connectivity index (χ2n) is 3.27. The molecule has 84 valence electrons. The Morgan fingerprint density at radius 1 is 1.38 bits per heavy atom. The van der Waals surface area contributed by atoms with E-state index < -0.39 is 0 Å². The molecule has 0 amide bonds. The SMILES string of the molecule is NC(CSc1ncco1)c1ccc(F)cc1. The molecule has 0 saturated heterocycles. The Hall–Kier alpha value is -1.33. The first-order chi connectivity index (χ1) is 7.75. The Balaban J connectivity index is 1.93. The van der Waals surface area contributed by atoms with E-state index in [9.17, 15) is 4.39 Å². The van der Waals surface area contributed by atoms with Gasteiger partial charge in [-0.15, -0.1) is 0 Å². The van der Waals surface area contributed by atoms with Crippen molar-refractivity contribution in [2.45, 2.75) is 11.3 Å². The van der Waals surface area contributed by atoms with Crippen LogP contribution in [0.5, 0.6) is 0 Å². The lowest BCUT2D eigenvalue weighted by molar-refractivity contribution is 0.454. The molecule has 0 bridgehead atoms. The van der Waals surface area contributed by atoms with Gasteiger partial charge >= 0.3 is 0 Å². The Labute approximate surface area is 96.9 Å². The van der Waals surface area contributed by atoms with Crippen LogP contribution in [-0.2, 0) is 0 Å². The topological polar surface area (TPSA) is 52.0 Å². The van der Waals surface area contributed by atoms with Gasteiger partial charge in [0.2, 0.25) is 0 Å². The maximum Gasteiger partial charge on any atom is 0.255 e. The first kappa shape index (κ1) is 11.2. The Morgan fingerprint density at radius 2 is 2.12 bits per heavy atom. The van der Waals surface area contributed by atoms with Gasteiger partial charge in [-0.05, 0) is 17.7 Å². The highest BCUT2D eigenvalue weighted by molar-refractivity contribution is 7.99. The summed E-state index contributed by atoms with van der Waals surface area (Å²) in [6.45, 7) is 0. The molecule has 1 unspecified atom stereocenters. The van der Waals surface area contributed by atoms with Crippen LogP contribution in [0.25, 0.3) is 0 Å². The second-order valence-corrected chi connectivity index (χ2v) is 4.24. The number of thioether (sulfide) groups is 1. The van der Waals surface area contributed by atoms with Crippen LogP contribution in [0.2, 0.25) is 0 Å². The number of nitrogens with two attached hydrogens (primary N) is 1. The van der Waals surface area contributed by atoms with Crippen LogP contribution in [0.4, 0.5) is 4.39 Å². The first-order valence-electron chi connectivity index (χ1n) is 4.79. The van der Waals surface area contributed by atoms with E-state index >= 15 is 0 Å². The number of nitrogens with zero attached hydrogens (tertiary/aromatic N) is 1. The number of halogens is 1. The number of benzene rings is 1. The second kappa shape index (κ2) is 5.14. The molecule has 0 aliphatic heterocycles. The van der Waals surface area contributed by atoms with E-state index in [1.807, 2.05) is 0 Å². The average molecular weight is 238 g/mol. The van der Waals surface area contributed by atoms with Gasteiger partial charge in [-0.25, -0.2) is 9.37 Å². The minimum Gasteiger partial charge on any atom is -0.440 e. The molecule has 1 atom stereocenters. The zero-order chi connectivity index (χ0) is 11.4. The highest BCUT2D eigenvalue weighted by Gasteiger charge is 2.08. The average Bonchev–Trinajstić information content (AvgIpc) is 2.80. The van der Waals surface area contributed by atoms with Crippen LogP contribution in [0, 0.1) is 5.82 Å². The highest BCUT2D eigenvalue weighted by Crippen LogP contribution is 2.21. The van der Waals surface area contributed by atoms with Crippen molar-refractivity contribution in [3.8, 4) is 0 Å². The summed E-state index contributed by atoms with van der Waals surface area (Å²) in [4.78, 5) is 3.98. The van der Waals surface area contributed by atoms with Crippen LogP contribution in [0.3, 0.4) is 0 Å². The lowest BCUT2D eigenvalue weighted by Crippen LogP contribution is -2.12. The Bertz CT molecular complexity index is 430. The van der Waals surface area contributed by atoms with Crippen molar-refractivity contribution in [2.24, 2.45) is 5.73 Å². The molecule has 16 heavy (non-hydrogen) atoms. The van der Waals surface area contributed by atoms with Crippen LogP contribution in [0.1, 0.15) is 11.6 Å². The summed E-state index contributed by atoms with van der Waals surface area (Å²) >= 11 is 1.44. The van der Waals surface area contributed by atoms with E-state index in [1.54, 1.807) is 18.3 Å². The van der Waals surface area contributed by atoms with E-state index in [-0.39, 0.29) is 11.9 Å². The van der Waals surface area contributed by atoms with Crippen molar-refractivity contribution in [1.29, 1.82) is 0 Å². The van der Waals surface area contributed by atoms with Gasteiger partial charge in [-0.1, -0.05) is 23.9 Å². The zero-order valence-corrected chi connectivity index (χ0v) is 9.28. The first-order valence-corrected chi connectivity index (χ1v) is 5.77. The molecule has 1 aromatic heterocycles. The molecule has 0 aliphatic rings. The van der Waals surface area contributed by atoms with Crippen LogP contribution in [-0.4, -0.2) is 10.7 Å². The Kier molecular flexibility index (Phi) is 3.58. The molecule has 2 N–H and O–H groups in total. The molecule has 1 aromatic carbocycles. The van der Waals surface area contributed by atoms with Gasteiger partial charge in [0.1, 0.15) is 12.1 Å². The van der Waals surface area contributed by atoms with E-state index in [1.165, 1.54) is 30.2 Å². The summed E-state index contributed by atoms with van der Waals surface area (Å²) in [5.41, 5.74) is 6.85. The fourth-order valence-electron chi connectivity index (χ4n) is 1.25. The van der Waals surface area contributed by atoms with Gasteiger partial charge in [0, 0.05) is 11.8 Å². The smallest absolute Gasteiger partial charge is 0.255 e. The minimum atomic E-state index is -0.253. The number of oxazole rings is 1. The van der Waals surface area contributed by atoms with Crippen molar-refractivity contribution in [3.63, 3.8) is 0 Å². The number of rotatable bonds is 4. The number of aromatic nitrogens is 1. The fraction of sp³-hybridized carbons (Fsp3) is 0.182. The lowest BCUT2D eigenvalue weighted by atomic mass is 10.1. The van der Waals surface area contributed by atoms with Crippen molar-refractivity contribution < 1.29 is 8.81 Å². The van der Waals surface area contributed by atoms with Crippen molar-refractivity contribution in [3.05, 3.63) is 48.1 Å². The molecule has 0 aliphatic carbocycles. The van der Waals surface area contributed by atoms with E-state index in [4.69, 9.17) is 10.2 Å². The largest absolute Gasteiger partial charge is 0.440 e. The number of hydrogen-bond acceptors (Lipinski definition) is 4. The van der Waals surface area contributed by atoms with Crippen molar-refractivity contribution >= 4 is 11.8 Å². The predicted octanol–water partition coefficient (Wildman–Crippen LogP) is 2.61. The third-order valence-electron chi connectivity index (χ3n) is 2.09. The van der Waals surface area contributed by atoms with Gasteiger partial charge < -0.3 is 10.2 Å². The van der Waals surface area contributed by atoms with Crippen LogP contribution < -0.4 is 5.73 Å². The fourth-order valence-corrected chi connectivity index (χ4v) is 2.02. The minimum absolute atomic E-state index is 0.155. The van der Waals surface area contributed by atoms with E-state index in [0.29, 0.717) is 11.0 Å². The highest BCUT2D eigenvalue weighted by atomic mass is 32.2. The molecule has 3 nitrogen and oxygen atoms in total. The standard InChI is InChI=1S/C11H11FN2OS/c12-9-3-1-8(2-4-9)10(13)7-16-11-14-5-6-15-11/h1-6,10H,7,13H2. The zero-order valence-electron chi connectivity index (χ0n) is 8.47. The lowest BCUT2D eigenvalue weighted by Gasteiger charge is -2.09. The van der Waals surface area contributed by atoms with E-state index in [0.717, 1.165) is 5.56 Å². The van der Waals surface area contributed by atoms with Gasteiger partial charge in [0.15, 0.2) is 0 Å². The predicted molar refractivity (Wildman–Crippen MR) is 60.6 cm³/mol. The molecule has 0 spiro atoms. The van der Waals surface area contributed by atoms with Crippen LogP contribution in [0.15, 0.2) is 46.4 Å². The normalized spacial score (nSPS) is 12.6. The van der Waals surface area contributed by atoms with Gasteiger partial charge in [-0.3, -0.25) is 0 Å². The van der Waals surface area contributed by atoms with Gasteiger partial charge in [0.05, 0.1) is 6.20 Å². The third-order valence-corrected chi connectivity index (χ3v) is 3.07. The maximum atomic E-state index is 12.7. The Morgan fingerprint density at radius 3 is 2.75 bits per heavy atom. The quantitative estimate of drug-likeness (QED) is 0.832. The molecular formula is C11H11FN2OS. The summed E-state index contributed by atoms with van der Waals surface area (Å²) in [7, 11) is 0. The summed E-state index contributed by atoms with van der Waals surface area (Å²) in [6.07, 6.45) is 3.11. The monoisotopic (exact) mass is 238 g/mol. The van der Waals surface area contributed by atoms with Gasteiger partial charge in [-0.2, -0.15) is 0 Å². The molecule has 5 heteroatoms. The van der Waals surface area contributed by atoms with Crippen molar-refractivity contribution in [2.75, 3.05) is 5.75 Å².